The Bertz CT molecular complexity index is 752. The predicted octanol–water partition coefficient (Wildman–Crippen LogP) is 1.70. The van der Waals surface area contributed by atoms with Crippen LogP contribution in [0.1, 0.15) is 27.6 Å². The van der Waals surface area contributed by atoms with Crippen LogP contribution in [-0.2, 0) is 0 Å². The second-order valence-corrected chi connectivity index (χ2v) is 4.55. The number of aromatic nitrogens is 1. The maximum atomic E-state index is 13.4. The summed E-state index contributed by atoms with van der Waals surface area (Å²) in [6.07, 6.45) is 1.22. The Morgan fingerprint density at radius 1 is 1.17 bits per heavy atom. The standard InChI is InChI=1S/C16H16FN3O4/c1-3-24-12-7-6-10(9-13(12)23-2)15(21)19-20-16(22)11-5-4-8-18-14(11)17/h4-9H,3H2,1-2H3,(H,19,21)(H,20,22). The largest absolute Gasteiger partial charge is 0.493 e. The first-order valence-corrected chi connectivity index (χ1v) is 7.08. The summed E-state index contributed by atoms with van der Waals surface area (Å²) >= 11 is 0. The maximum Gasteiger partial charge on any atom is 0.274 e. The number of rotatable bonds is 5. The first-order chi connectivity index (χ1) is 11.6. The van der Waals surface area contributed by atoms with E-state index in [4.69, 9.17) is 9.47 Å². The molecule has 0 aliphatic carbocycles. The van der Waals surface area contributed by atoms with Crippen molar-refractivity contribution in [2.24, 2.45) is 0 Å². The van der Waals surface area contributed by atoms with E-state index in [2.05, 4.69) is 15.8 Å². The summed E-state index contributed by atoms with van der Waals surface area (Å²) in [5, 5.41) is 0. The highest BCUT2D eigenvalue weighted by Crippen LogP contribution is 2.27. The van der Waals surface area contributed by atoms with Crippen molar-refractivity contribution < 1.29 is 23.5 Å². The molecule has 2 rings (SSSR count). The number of methoxy groups -OCH3 is 1. The molecule has 2 N–H and O–H groups in total. The van der Waals surface area contributed by atoms with Crippen LogP contribution in [-0.4, -0.2) is 30.5 Å². The van der Waals surface area contributed by atoms with Crippen molar-refractivity contribution in [3.63, 3.8) is 0 Å². The number of carbonyl (C=O) groups is 2. The van der Waals surface area contributed by atoms with Gasteiger partial charge in [0, 0.05) is 11.8 Å². The van der Waals surface area contributed by atoms with Crippen LogP contribution in [0.25, 0.3) is 0 Å². The molecular weight excluding hydrogens is 317 g/mol. The van der Waals surface area contributed by atoms with Gasteiger partial charge in [-0.25, -0.2) is 4.98 Å². The zero-order valence-electron chi connectivity index (χ0n) is 13.1. The molecule has 24 heavy (non-hydrogen) atoms. The number of pyridine rings is 1. The maximum absolute atomic E-state index is 13.4. The molecule has 0 fully saturated rings. The van der Waals surface area contributed by atoms with Gasteiger partial charge in [-0.3, -0.25) is 20.4 Å². The van der Waals surface area contributed by atoms with Crippen LogP contribution >= 0.6 is 0 Å². The Hall–Kier alpha value is -3.16. The Morgan fingerprint density at radius 3 is 2.58 bits per heavy atom. The minimum absolute atomic E-state index is 0.238. The van der Waals surface area contributed by atoms with Gasteiger partial charge in [0.05, 0.1) is 19.3 Å². The fourth-order valence-corrected chi connectivity index (χ4v) is 1.89. The molecular formula is C16H16FN3O4. The molecule has 7 nitrogen and oxygen atoms in total. The minimum Gasteiger partial charge on any atom is -0.493 e. The number of hydrogen-bond donors (Lipinski definition) is 2. The molecule has 1 aromatic carbocycles. The fourth-order valence-electron chi connectivity index (χ4n) is 1.89. The molecule has 0 aliphatic rings. The van der Waals surface area contributed by atoms with E-state index in [-0.39, 0.29) is 11.1 Å². The lowest BCUT2D eigenvalue weighted by Crippen LogP contribution is -2.42. The molecule has 0 spiro atoms. The number of amides is 2. The molecule has 0 aliphatic heterocycles. The zero-order chi connectivity index (χ0) is 17.5. The van der Waals surface area contributed by atoms with Crippen LogP contribution in [0.4, 0.5) is 4.39 Å². The summed E-state index contributed by atoms with van der Waals surface area (Å²) in [6.45, 7) is 2.28. The lowest BCUT2D eigenvalue weighted by atomic mass is 10.2. The summed E-state index contributed by atoms with van der Waals surface area (Å²) in [4.78, 5) is 27.2. The zero-order valence-corrected chi connectivity index (χ0v) is 13.1. The number of carbonyl (C=O) groups excluding carboxylic acids is 2. The topological polar surface area (TPSA) is 89.6 Å². The number of halogens is 1. The van der Waals surface area contributed by atoms with Crippen LogP contribution in [0, 0.1) is 5.95 Å². The van der Waals surface area contributed by atoms with Crippen LogP contribution < -0.4 is 20.3 Å². The van der Waals surface area contributed by atoms with Crippen LogP contribution in [0.5, 0.6) is 11.5 Å². The number of nitrogens with one attached hydrogen (secondary N) is 2. The molecule has 126 valence electrons. The summed E-state index contributed by atoms with van der Waals surface area (Å²) in [6, 6.07) is 7.23. The Labute approximate surface area is 137 Å². The molecule has 1 aromatic heterocycles. The molecule has 0 atom stereocenters. The second-order valence-electron chi connectivity index (χ2n) is 4.55. The van der Waals surface area contributed by atoms with E-state index in [1.165, 1.54) is 37.6 Å². The molecule has 2 amide bonds. The van der Waals surface area contributed by atoms with Crippen molar-refractivity contribution in [1.82, 2.24) is 15.8 Å². The van der Waals surface area contributed by atoms with Crippen LogP contribution in [0.3, 0.4) is 0 Å². The Morgan fingerprint density at radius 2 is 1.92 bits per heavy atom. The van der Waals surface area contributed by atoms with Gasteiger partial charge in [0.15, 0.2) is 11.5 Å². The lowest BCUT2D eigenvalue weighted by Gasteiger charge is -2.11. The number of hydrazine groups is 1. The van der Waals surface area contributed by atoms with E-state index in [1.54, 1.807) is 6.07 Å². The molecule has 0 saturated heterocycles. The van der Waals surface area contributed by atoms with E-state index in [9.17, 15) is 14.0 Å². The van der Waals surface area contributed by atoms with E-state index in [1.807, 2.05) is 6.92 Å². The predicted molar refractivity (Wildman–Crippen MR) is 83.3 cm³/mol. The summed E-state index contributed by atoms with van der Waals surface area (Å²) in [7, 11) is 1.45. The van der Waals surface area contributed by atoms with Crippen molar-refractivity contribution in [2.45, 2.75) is 6.92 Å². The van der Waals surface area contributed by atoms with Gasteiger partial charge in [-0.15, -0.1) is 0 Å². The lowest BCUT2D eigenvalue weighted by molar-refractivity contribution is 0.0843. The molecule has 0 saturated carbocycles. The summed E-state index contributed by atoms with van der Waals surface area (Å²) in [5.41, 5.74) is 4.28. The average molecular weight is 333 g/mol. The van der Waals surface area contributed by atoms with Crippen molar-refractivity contribution in [3.8, 4) is 11.5 Å². The summed E-state index contributed by atoms with van der Waals surface area (Å²) in [5.74, 6) is -1.44. The van der Waals surface area contributed by atoms with Gasteiger partial charge in [0.25, 0.3) is 11.8 Å². The number of ether oxygens (including phenoxy) is 2. The molecule has 0 bridgehead atoms. The van der Waals surface area contributed by atoms with Crippen LogP contribution in [0.15, 0.2) is 36.5 Å². The Kier molecular flexibility index (Phi) is 5.67. The molecule has 0 unspecified atom stereocenters. The van der Waals surface area contributed by atoms with Gasteiger partial charge in [-0.1, -0.05) is 0 Å². The van der Waals surface area contributed by atoms with Gasteiger partial charge >= 0.3 is 0 Å². The number of hydrogen-bond acceptors (Lipinski definition) is 5. The normalized spacial score (nSPS) is 9.96. The highest BCUT2D eigenvalue weighted by atomic mass is 19.1. The Balaban J connectivity index is 2.05. The highest BCUT2D eigenvalue weighted by molar-refractivity contribution is 5.99. The number of nitrogens with zero attached hydrogens (tertiary/aromatic N) is 1. The van der Waals surface area contributed by atoms with E-state index < -0.39 is 17.8 Å². The van der Waals surface area contributed by atoms with Gasteiger partial charge in [0.1, 0.15) is 0 Å². The van der Waals surface area contributed by atoms with E-state index >= 15 is 0 Å². The highest BCUT2D eigenvalue weighted by Gasteiger charge is 2.15. The molecule has 1 heterocycles. The number of benzene rings is 1. The summed E-state index contributed by atoms with van der Waals surface area (Å²) < 4.78 is 23.9. The fraction of sp³-hybridized carbons (Fsp3) is 0.188. The first-order valence-electron chi connectivity index (χ1n) is 7.08. The smallest absolute Gasteiger partial charge is 0.274 e. The molecule has 2 aromatic rings. The SMILES string of the molecule is CCOc1ccc(C(=O)NNC(=O)c2cccnc2F)cc1OC. The van der Waals surface area contributed by atoms with E-state index in [0.717, 1.165) is 0 Å². The van der Waals surface area contributed by atoms with Crippen molar-refractivity contribution >= 4 is 11.8 Å². The monoisotopic (exact) mass is 333 g/mol. The third kappa shape index (κ3) is 3.97. The van der Waals surface area contributed by atoms with Crippen molar-refractivity contribution in [1.29, 1.82) is 0 Å². The second kappa shape index (κ2) is 7.91. The van der Waals surface area contributed by atoms with E-state index in [0.29, 0.717) is 18.1 Å². The average Bonchev–Trinajstić information content (AvgIpc) is 2.60. The molecule has 8 heteroatoms. The van der Waals surface area contributed by atoms with Crippen LogP contribution in [0.2, 0.25) is 0 Å². The first kappa shape index (κ1) is 17.2. The van der Waals surface area contributed by atoms with Gasteiger partial charge in [-0.2, -0.15) is 4.39 Å². The third-order valence-electron chi connectivity index (χ3n) is 3.02. The quantitative estimate of drug-likeness (QED) is 0.642. The minimum atomic E-state index is -0.924. The van der Waals surface area contributed by atoms with Gasteiger partial charge in [-0.05, 0) is 37.3 Å². The van der Waals surface area contributed by atoms with Crippen molar-refractivity contribution in [3.05, 3.63) is 53.6 Å². The van der Waals surface area contributed by atoms with Gasteiger partial charge in [0.2, 0.25) is 5.95 Å². The van der Waals surface area contributed by atoms with Gasteiger partial charge < -0.3 is 9.47 Å². The third-order valence-corrected chi connectivity index (χ3v) is 3.02. The molecule has 0 radical (unpaired) electrons. The van der Waals surface area contributed by atoms with Crippen molar-refractivity contribution in [2.75, 3.05) is 13.7 Å².